The van der Waals surface area contributed by atoms with Crippen LogP contribution in [0.5, 0.6) is 0 Å². The monoisotopic (exact) mass is 187 g/mol. The smallest absolute Gasteiger partial charge is 0.0536 e. The molecule has 0 aromatic heterocycles. The molecule has 0 saturated carbocycles. The molecule has 0 aliphatic carbocycles. The number of nitrogens with two attached hydrogens (primary N) is 1. The van der Waals surface area contributed by atoms with Gasteiger partial charge in [0, 0.05) is 25.2 Å². The Hall–Kier alpha value is -0.120. The van der Waals surface area contributed by atoms with Gasteiger partial charge in [-0.15, -0.1) is 0 Å². The van der Waals surface area contributed by atoms with Crippen LogP contribution in [0.3, 0.4) is 0 Å². The highest BCUT2D eigenvalue weighted by molar-refractivity contribution is 4.83. The molecule has 3 heteroatoms. The number of ether oxygens (including phenoxy) is 2. The molecule has 1 aliphatic rings. The summed E-state index contributed by atoms with van der Waals surface area (Å²) in [6, 6.07) is 0. The Morgan fingerprint density at radius 2 is 2.31 bits per heavy atom. The molecule has 1 heterocycles. The Morgan fingerprint density at radius 1 is 1.54 bits per heavy atom. The Morgan fingerprint density at radius 3 is 2.77 bits per heavy atom. The van der Waals surface area contributed by atoms with Crippen molar-refractivity contribution in [3.63, 3.8) is 0 Å². The summed E-state index contributed by atoms with van der Waals surface area (Å²) in [6.07, 6.45) is 2.43. The molecule has 13 heavy (non-hydrogen) atoms. The summed E-state index contributed by atoms with van der Waals surface area (Å²) in [4.78, 5) is 0. The van der Waals surface area contributed by atoms with Gasteiger partial charge in [0.1, 0.15) is 0 Å². The molecule has 78 valence electrons. The van der Waals surface area contributed by atoms with E-state index in [1.54, 1.807) is 0 Å². The first-order valence-corrected chi connectivity index (χ1v) is 5.08. The predicted octanol–water partition coefficient (Wildman–Crippen LogP) is 1.17. The van der Waals surface area contributed by atoms with Gasteiger partial charge in [0.25, 0.3) is 0 Å². The lowest BCUT2D eigenvalue weighted by Gasteiger charge is -2.25. The molecule has 0 amide bonds. The van der Waals surface area contributed by atoms with E-state index in [0.29, 0.717) is 12.6 Å². The Bertz CT molecular complexity index is 142. The second kappa shape index (κ2) is 4.94. The third kappa shape index (κ3) is 3.25. The first kappa shape index (κ1) is 11.0. The zero-order valence-electron chi connectivity index (χ0n) is 8.71. The van der Waals surface area contributed by atoms with Gasteiger partial charge in [0.2, 0.25) is 0 Å². The van der Waals surface area contributed by atoms with Crippen molar-refractivity contribution in [3.05, 3.63) is 0 Å². The van der Waals surface area contributed by atoms with Gasteiger partial charge >= 0.3 is 0 Å². The van der Waals surface area contributed by atoms with Gasteiger partial charge in [-0.3, -0.25) is 0 Å². The summed E-state index contributed by atoms with van der Waals surface area (Å²) < 4.78 is 10.9. The lowest BCUT2D eigenvalue weighted by Crippen LogP contribution is -2.32. The van der Waals surface area contributed by atoms with E-state index in [1.807, 2.05) is 0 Å². The molecule has 1 unspecified atom stereocenters. The van der Waals surface area contributed by atoms with Gasteiger partial charge in [-0.05, 0) is 26.7 Å². The summed E-state index contributed by atoms with van der Waals surface area (Å²) in [7, 11) is 0. The Labute approximate surface area is 80.6 Å². The molecule has 2 N–H and O–H groups in total. The van der Waals surface area contributed by atoms with Crippen LogP contribution in [0.15, 0.2) is 0 Å². The minimum Gasteiger partial charge on any atom is -0.381 e. The molecule has 0 aromatic carbocycles. The highest BCUT2D eigenvalue weighted by atomic mass is 16.5. The third-order valence-electron chi connectivity index (χ3n) is 2.70. The second-order valence-corrected chi connectivity index (χ2v) is 4.18. The molecule has 1 atom stereocenters. The average molecular weight is 187 g/mol. The van der Waals surface area contributed by atoms with Gasteiger partial charge in [0.05, 0.1) is 12.7 Å². The molecule has 0 aromatic rings. The van der Waals surface area contributed by atoms with Gasteiger partial charge < -0.3 is 15.2 Å². The quantitative estimate of drug-likeness (QED) is 0.702. The minimum atomic E-state index is 0.203. The van der Waals surface area contributed by atoms with E-state index in [1.165, 1.54) is 0 Å². The predicted molar refractivity (Wildman–Crippen MR) is 52.6 cm³/mol. The molecule has 1 saturated heterocycles. The molecule has 0 spiro atoms. The van der Waals surface area contributed by atoms with Crippen molar-refractivity contribution in [2.24, 2.45) is 11.1 Å². The van der Waals surface area contributed by atoms with E-state index >= 15 is 0 Å². The van der Waals surface area contributed by atoms with Crippen molar-refractivity contribution in [1.29, 1.82) is 0 Å². The maximum atomic E-state index is 5.75. The lowest BCUT2D eigenvalue weighted by atomic mass is 9.84. The lowest BCUT2D eigenvalue weighted by molar-refractivity contribution is 0.0476. The van der Waals surface area contributed by atoms with Crippen molar-refractivity contribution in [1.82, 2.24) is 0 Å². The number of hydrogen-bond donors (Lipinski definition) is 1. The topological polar surface area (TPSA) is 44.5 Å². The van der Waals surface area contributed by atoms with E-state index < -0.39 is 0 Å². The summed E-state index contributed by atoms with van der Waals surface area (Å²) in [5.41, 5.74) is 5.95. The largest absolute Gasteiger partial charge is 0.381 e. The number of rotatable bonds is 5. The van der Waals surface area contributed by atoms with Crippen molar-refractivity contribution in [2.75, 3.05) is 26.4 Å². The molecule has 3 nitrogen and oxygen atoms in total. The molecular formula is C10H21NO2. The van der Waals surface area contributed by atoms with Crippen molar-refractivity contribution in [3.8, 4) is 0 Å². The normalized spacial score (nSPS) is 28.6. The summed E-state index contributed by atoms with van der Waals surface area (Å²) in [5, 5.41) is 0. The summed E-state index contributed by atoms with van der Waals surface area (Å²) in [5.74, 6) is 0. The summed E-state index contributed by atoms with van der Waals surface area (Å²) in [6.45, 7) is 7.30. The highest BCUT2D eigenvalue weighted by Crippen LogP contribution is 2.31. The standard InChI is InChI=1S/C10H21NO2/c1-9(2)13-6-4-10(7-11)3-5-12-8-10/h9H,3-8,11H2,1-2H3. The van der Waals surface area contributed by atoms with Crippen LogP contribution in [0.25, 0.3) is 0 Å². The zero-order chi connectivity index (χ0) is 9.73. The first-order valence-electron chi connectivity index (χ1n) is 5.08. The fourth-order valence-corrected chi connectivity index (χ4v) is 1.62. The van der Waals surface area contributed by atoms with Crippen molar-refractivity contribution < 1.29 is 9.47 Å². The average Bonchev–Trinajstić information content (AvgIpc) is 2.53. The van der Waals surface area contributed by atoms with Crippen LogP contribution < -0.4 is 5.73 Å². The van der Waals surface area contributed by atoms with E-state index in [0.717, 1.165) is 32.7 Å². The van der Waals surface area contributed by atoms with Gasteiger partial charge in [0.15, 0.2) is 0 Å². The van der Waals surface area contributed by atoms with Crippen LogP contribution in [0, 0.1) is 5.41 Å². The first-order chi connectivity index (χ1) is 6.18. The van der Waals surface area contributed by atoms with Crippen LogP contribution in [-0.2, 0) is 9.47 Å². The second-order valence-electron chi connectivity index (χ2n) is 4.18. The van der Waals surface area contributed by atoms with Gasteiger partial charge in [-0.1, -0.05) is 0 Å². The molecular weight excluding hydrogens is 166 g/mol. The van der Waals surface area contributed by atoms with Gasteiger partial charge in [-0.25, -0.2) is 0 Å². The van der Waals surface area contributed by atoms with Crippen molar-refractivity contribution >= 4 is 0 Å². The minimum absolute atomic E-state index is 0.203. The molecule has 0 bridgehead atoms. The fraction of sp³-hybridized carbons (Fsp3) is 1.00. The Balaban J connectivity index is 2.23. The molecule has 1 fully saturated rings. The van der Waals surface area contributed by atoms with E-state index in [9.17, 15) is 0 Å². The highest BCUT2D eigenvalue weighted by Gasteiger charge is 2.33. The molecule has 0 radical (unpaired) electrons. The van der Waals surface area contributed by atoms with E-state index in [-0.39, 0.29) is 5.41 Å². The maximum absolute atomic E-state index is 5.75. The number of hydrogen-bond acceptors (Lipinski definition) is 3. The SMILES string of the molecule is CC(C)OCCC1(CN)CCOC1. The van der Waals surface area contributed by atoms with E-state index in [2.05, 4.69) is 13.8 Å². The Kier molecular flexibility index (Phi) is 4.16. The third-order valence-corrected chi connectivity index (χ3v) is 2.70. The molecule has 1 aliphatic heterocycles. The van der Waals surface area contributed by atoms with Crippen LogP contribution in [0.1, 0.15) is 26.7 Å². The van der Waals surface area contributed by atoms with Crippen LogP contribution in [0.2, 0.25) is 0 Å². The van der Waals surface area contributed by atoms with E-state index in [4.69, 9.17) is 15.2 Å². The summed E-state index contributed by atoms with van der Waals surface area (Å²) >= 11 is 0. The zero-order valence-corrected chi connectivity index (χ0v) is 8.71. The molecule has 1 rings (SSSR count). The van der Waals surface area contributed by atoms with Crippen LogP contribution in [0.4, 0.5) is 0 Å². The van der Waals surface area contributed by atoms with Crippen molar-refractivity contribution in [2.45, 2.75) is 32.8 Å². The van der Waals surface area contributed by atoms with Crippen LogP contribution >= 0.6 is 0 Å². The van der Waals surface area contributed by atoms with Gasteiger partial charge in [-0.2, -0.15) is 0 Å². The van der Waals surface area contributed by atoms with Crippen LogP contribution in [-0.4, -0.2) is 32.5 Å². The maximum Gasteiger partial charge on any atom is 0.0536 e. The fourth-order valence-electron chi connectivity index (χ4n) is 1.62.